The van der Waals surface area contributed by atoms with Crippen molar-refractivity contribution < 1.29 is 9.53 Å². The molecule has 0 fully saturated rings. The average molecular weight is 276 g/mol. The first-order valence-corrected chi connectivity index (χ1v) is 6.10. The molecule has 20 heavy (non-hydrogen) atoms. The lowest BCUT2D eigenvalue weighted by Gasteiger charge is -2.03. The van der Waals surface area contributed by atoms with Crippen molar-refractivity contribution in [3.63, 3.8) is 0 Å². The molecular weight excluding hydrogens is 260 g/mol. The Kier molecular flexibility index (Phi) is 4.31. The first-order valence-electron chi connectivity index (χ1n) is 6.10. The number of ether oxygens (including phenoxy) is 1. The maximum atomic E-state index is 11.9. The van der Waals surface area contributed by atoms with Gasteiger partial charge in [-0.25, -0.2) is 0 Å². The lowest BCUT2D eigenvalue weighted by Crippen LogP contribution is -2.28. The Morgan fingerprint density at radius 2 is 2.25 bits per heavy atom. The van der Waals surface area contributed by atoms with Gasteiger partial charge in [-0.3, -0.25) is 14.7 Å². The molecule has 2 heterocycles. The second-order valence-corrected chi connectivity index (χ2v) is 4.39. The molecule has 0 aliphatic carbocycles. The minimum Gasteiger partial charge on any atom is -0.378 e. The predicted molar refractivity (Wildman–Crippen MR) is 72.3 cm³/mol. The van der Waals surface area contributed by atoms with E-state index >= 15 is 0 Å². The lowest BCUT2D eigenvalue weighted by molar-refractivity contribution is 0.0949. The van der Waals surface area contributed by atoms with Crippen LogP contribution in [-0.4, -0.2) is 28.2 Å². The number of aromatic amines is 2. The number of methoxy groups -OCH3 is 1. The van der Waals surface area contributed by atoms with Crippen molar-refractivity contribution in [2.45, 2.75) is 20.1 Å². The third-order valence-electron chi connectivity index (χ3n) is 2.72. The molecule has 0 radical (unpaired) electrons. The maximum absolute atomic E-state index is 11.9. The zero-order valence-electron chi connectivity index (χ0n) is 11.3. The highest BCUT2D eigenvalue weighted by atomic mass is 16.5. The van der Waals surface area contributed by atoms with Crippen molar-refractivity contribution in [1.82, 2.24) is 20.5 Å². The summed E-state index contributed by atoms with van der Waals surface area (Å²) in [4.78, 5) is 26.4. The van der Waals surface area contributed by atoms with E-state index < -0.39 is 5.91 Å². The molecular formula is C13H16N4O3. The molecule has 1 amide bonds. The maximum Gasteiger partial charge on any atom is 0.257 e. The molecule has 0 saturated carbocycles. The highest BCUT2D eigenvalue weighted by Crippen LogP contribution is 2.01. The van der Waals surface area contributed by atoms with Crippen LogP contribution in [0.5, 0.6) is 0 Å². The van der Waals surface area contributed by atoms with Crippen molar-refractivity contribution in [2.75, 3.05) is 7.11 Å². The fourth-order valence-electron chi connectivity index (χ4n) is 1.74. The van der Waals surface area contributed by atoms with Gasteiger partial charge in [-0.15, -0.1) is 0 Å². The number of nitrogens with one attached hydrogen (secondary N) is 3. The fraction of sp³-hybridized carbons (Fsp3) is 0.308. The molecule has 0 atom stereocenters. The molecule has 7 nitrogen and oxygen atoms in total. The van der Waals surface area contributed by atoms with E-state index in [4.69, 9.17) is 4.74 Å². The smallest absolute Gasteiger partial charge is 0.257 e. The predicted octanol–water partition coefficient (Wildman–Crippen LogP) is 0.483. The molecule has 0 unspecified atom stereocenters. The van der Waals surface area contributed by atoms with Crippen LogP contribution in [0, 0.1) is 6.92 Å². The summed E-state index contributed by atoms with van der Waals surface area (Å²) in [5, 5.41) is 9.47. The Labute approximate surface area is 115 Å². The molecule has 0 aliphatic heterocycles. The van der Waals surface area contributed by atoms with Crippen molar-refractivity contribution in [2.24, 2.45) is 0 Å². The summed E-state index contributed by atoms with van der Waals surface area (Å²) in [6.07, 6.45) is 1.41. The summed E-state index contributed by atoms with van der Waals surface area (Å²) in [6, 6.07) is 3.19. The quantitative estimate of drug-likeness (QED) is 0.739. The van der Waals surface area contributed by atoms with Crippen LogP contribution in [0.25, 0.3) is 0 Å². The second-order valence-electron chi connectivity index (χ2n) is 4.39. The Bertz CT molecular complexity index is 660. The normalized spacial score (nSPS) is 10.5. The minimum absolute atomic E-state index is 0.0900. The molecule has 0 spiro atoms. The van der Waals surface area contributed by atoms with Crippen LogP contribution in [0.2, 0.25) is 0 Å². The van der Waals surface area contributed by atoms with E-state index in [0.717, 1.165) is 11.4 Å². The number of aryl methyl sites for hydroxylation is 1. The molecule has 3 N–H and O–H groups in total. The number of H-pyrrole nitrogens is 2. The van der Waals surface area contributed by atoms with E-state index in [1.165, 1.54) is 12.3 Å². The van der Waals surface area contributed by atoms with E-state index in [9.17, 15) is 9.59 Å². The summed E-state index contributed by atoms with van der Waals surface area (Å²) < 4.78 is 4.95. The molecule has 0 bridgehead atoms. The fourth-order valence-corrected chi connectivity index (χ4v) is 1.74. The van der Waals surface area contributed by atoms with Crippen LogP contribution in [0.1, 0.15) is 27.4 Å². The van der Waals surface area contributed by atoms with Crippen molar-refractivity contribution in [3.05, 3.63) is 51.2 Å². The van der Waals surface area contributed by atoms with E-state index in [0.29, 0.717) is 12.3 Å². The van der Waals surface area contributed by atoms with Crippen molar-refractivity contribution >= 4 is 5.91 Å². The SMILES string of the molecule is COCc1cc(CNC(=O)c2c[nH]c(C)cc2=O)[nH]n1. The Balaban J connectivity index is 1.99. The second kappa shape index (κ2) is 6.16. The van der Waals surface area contributed by atoms with Gasteiger partial charge in [0.05, 0.1) is 24.5 Å². The number of pyridine rings is 1. The van der Waals surface area contributed by atoms with Crippen LogP contribution >= 0.6 is 0 Å². The number of aromatic nitrogens is 3. The number of hydrogen-bond acceptors (Lipinski definition) is 4. The van der Waals surface area contributed by atoms with Gasteiger partial charge in [0.15, 0.2) is 5.43 Å². The van der Waals surface area contributed by atoms with Crippen LogP contribution in [0.4, 0.5) is 0 Å². The van der Waals surface area contributed by atoms with Gasteiger partial charge in [-0.05, 0) is 13.0 Å². The molecule has 106 valence electrons. The van der Waals surface area contributed by atoms with Gasteiger partial charge in [0, 0.05) is 25.1 Å². The topological polar surface area (TPSA) is 99.9 Å². The van der Waals surface area contributed by atoms with Gasteiger partial charge in [0.2, 0.25) is 0 Å². The van der Waals surface area contributed by atoms with Gasteiger partial charge < -0.3 is 15.0 Å². The number of nitrogens with zero attached hydrogens (tertiary/aromatic N) is 1. The van der Waals surface area contributed by atoms with Crippen LogP contribution in [0.15, 0.2) is 23.1 Å². The van der Waals surface area contributed by atoms with Crippen molar-refractivity contribution in [3.8, 4) is 0 Å². The number of amides is 1. The highest BCUT2D eigenvalue weighted by Gasteiger charge is 2.10. The number of rotatable bonds is 5. The number of hydrogen-bond donors (Lipinski definition) is 3. The molecule has 0 aromatic carbocycles. The van der Waals surface area contributed by atoms with Gasteiger partial charge in [-0.1, -0.05) is 0 Å². The zero-order valence-corrected chi connectivity index (χ0v) is 11.3. The Morgan fingerprint density at radius 3 is 2.95 bits per heavy atom. The first-order chi connectivity index (χ1) is 9.60. The van der Waals surface area contributed by atoms with E-state index in [1.54, 1.807) is 20.1 Å². The number of carbonyl (C=O) groups is 1. The minimum atomic E-state index is -0.422. The van der Waals surface area contributed by atoms with E-state index in [-0.39, 0.29) is 17.5 Å². The Morgan fingerprint density at radius 1 is 1.45 bits per heavy atom. The molecule has 0 saturated heterocycles. The summed E-state index contributed by atoms with van der Waals surface area (Å²) in [5.41, 5.74) is 2.00. The largest absolute Gasteiger partial charge is 0.378 e. The van der Waals surface area contributed by atoms with Gasteiger partial charge in [0.1, 0.15) is 5.56 Å². The summed E-state index contributed by atoms with van der Waals surface area (Å²) in [5.74, 6) is -0.422. The molecule has 0 aliphatic rings. The standard InChI is InChI=1S/C13H16N4O3/c1-8-3-12(18)11(6-14-8)13(19)15-5-9-4-10(7-20-2)17-16-9/h3-4,6H,5,7H2,1-2H3,(H,14,18)(H,15,19)(H,16,17). The third-order valence-corrected chi connectivity index (χ3v) is 2.72. The van der Waals surface area contributed by atoms with Gasteiger partial charge in [-0.2, -0.15) is 5.10 Å². The average Bonchev–Trinajstić information content (AvgIpc) is 2.84. The van der Waals surface area contributed by atoms with Crippen LogP contribution < -0.4 is 10.7 Å². The summed E-state index contributed by atoms with van der Waals surface area (Å²) in [7, 11) is 1.58. The van der Waals surface area contributed by atoms with Crippen molar-refractivity contribution in [1.29, 1.82) is 0 Å². The van der Waals surface area contributed by atoms with Gasteiger partial charge in [0.25, 0.3) is 5.91 Å². The summed E-state index contributed by atoms with van der Waals surface area (Å²) >= 11 is 0. The zero-order chi connectivity index (χ0) is 14.5. The first kappa shape index (κ1) is 14.0. The lowest BCUT2D eigenvalue weighted by atomic mass is 10.2. The van der Waals surface area contributed by atoms with Crippen LogP contribution in [0.3, 0.4) is 0 Å². The third kappa shape index (κ3) is 3.33. The van der Waals surface area contributed by atoms with Crippen LogP contribution in [-0.2, 0) is 17.9 Å². The Hall–Kier alpha value is -2.41. The highest BCUT2D eigenvalue weighted by molar-refractivity contribution is 5.93. The molecule has 2 aromatic heterocycles. The molecule has 2 rings (SSSR count). The summed E-state index contributed by atoms with van der Waals surface area (Å²) in [6.45, 7) is 2.43. The molecule has 2 aromatic rings. The number of carbonyl (C=O) groups excluding carboxylic acids is 1. The monoisotopic (exact) mass is 276 g/mol. The molecule has 7 heteroatoms. The van der Waals surface area contributed by atoms with E-state index in [1.807, 2.05) is 0 Å². The van der Waals surface area contributed by atoms with E-state index in [2.05, 4.69) is 20.5 Å². The van der Waals surface area contributed by atoms with Gasteiger partial charge >= 0.3 is 0 Å².